The molecular formula is C11H16N2. The molecule has 1 aliphatic heterocycles. The fraction of sp³-hybridized carbons (Fsp3) is 0.364. The molecule has 0 radical (unpaired) electrons. The highest BCUT2D eigenvalue weighted by Gasteiger charge is 2.01. The van der Waals surface area contributed by atoms with E-state index in [9.17, 15) is 0 Å². The lowest BCUT2D eigenvalue weighted by atomic mass is 10.2. The lowest BCUT2D eigenvalue weighted by Gasteiger charge is -2.04. The number of hydrogen-bond acceptors (Lipinski definition) is 2. The number of nitrogens with zero attached hydrogens (tertiary/aromatic N) is 1. The largest absolute Gasteiger partial charge is 0.386 e. The minimum absolute atomic E-state index is 0.848. The van der Waals surface area contributed by atoms with Crippen molar-refractivity contribution in [3.05, 3.63) is 37.1 Å². The summed E-state index contributed by atoms with van der Waals surface area (Å²) in [5, 5.41) is 3.31. The van der Waals surface area contributed by atoms with E-state index in [-0.39, 0.29) is 0 Å². The van der Waals surface area contributed by atoms with E-state index in [1.807, 2.05) is 12.2 Å². The Balaban J connectivity index is 2.67. The van der Waals surface area contributed by atoms with Gasteiger partial charge in [-0.05, 0) is 6.08 Å². The molecule has 1 heterocycles. The van der Waals surface area contributed by atoms with Crippen LogP contribution in [0.15, 0.2) is 42.1 Å². The number of hydrogen-bond donors (Lipinski definition) is 1. The Hall–Kier alpha value is -1.31. The molecule has 0 fully saturated rings. The maximum atomic E-state index is 4.42. The van der Waals surface area contributed by atoms with Crippen molar-refractivity contribution in [3.63, 3.8) is 0 Å². The van der Waals surface area contributed by atoms with E-state index in [1.54, 1.807) is 0 Å². The Morgan fingerprint density at radius 2 is 2.15 bits per heavy atom. The fourth-order valence-electron chi connectivity index (χ4n) is 1.27. The Morgan fingerprint density at radius 1 is 1.38 bits per heavy atom. The van der Waals surface area contributed by atoms with Crippen LogP contribution in [0, 0.1) is 0 Å². The zero-order valence-corrected chi connectivity index (χ0v) is 7.92. The smallest absolute Gasteiger partial charge is 0.0565 e. The molecule has 1 aliphatic rings. The third-order valence-corrected chi connectivity index (χ3v) is 1.84. The van der Waals surface area contributed by atoms with Crippen molar-refractivity contribution >= 4 is 5.71 Å². The maximum Gasteiger partial charge on any atom is 0.0565 e. The molecule has 70 valence electrons. The minimum atomic E-state index is 0.848. The summed E-state index contributed by atoms with van der Waals surface area (Å²) in [6, 6.07) is 0. The van der Waals surface area contributed by atoms with Crippen molar-refractivity contribution in [2.75, 3.05) is 13.1 Å². The van der Waals surface area contributed by atoms with Crippen LogP contribution in [0.2, 0.25) is 0 Å². The first-order valence-electron chi connectivity index (χ1n) is 4.56. The molecule has 0 unspecified atom stereocenters. The molecular weight excluding hydrogens is 160 g/mol. The van der Waals surface area contributed by atoms with Crippen molar-refractivity contribution in [2.24, 2.45) is 4.99 Å². The summed E-state index contributed by atoms with van der Waals surface area (Å²) >= 11 is 0. The van der Waals surface area contributed by atoms with Gasteiger partial charge in [0.1, 0.15) is 0 Å². The van der Waals surface area contributed by atoms with Crippen molar-refractivity contribution in [1.29, 1.82) is 0 Å². The van der Waals surface area contributed by atoms with Gasteiger partial charge in [0, 0.05) is 30.8 Å². The molecule has 0 saturated carbocycles. The third kappa shape index (κ3) is 3.28. The van der Waals surface area contributed by atoms with Crippen molar-refractivity contribution in [2.45, 2.75) is 12.8 Å². The van der Waals surface area contributed by atoms with E-state index in [4.69, 9.17) is 0 Å². The molecule has 0 saturated heterocycles. The molecule has 0 atom stereocenters. The van der Waals surface area contributed by atoms with E-state index in [2.05, 4.69) is 29.5 Å². The van der Waals surface area contributed by atoms with E-state index >= 15 is 0 Å². The molecule has 0 aromatic carbocycles. The molecule has 0 amide bonds. The average Bonchev–Trinajstić information content (AvgIpc) is 2.32. The molecule has 0 spiro atoms. The normalized spacial score (nSPS) is 16.3. The number of aliphatic imine (C=N–C) groups is 1. The Morgan fingerprint density at radius 3 is 2.85 bits per heavy atom. The van der Waals surface area contributed by atoms with E-state index in [0.29, 0.717) is 0 Å². The molecule has 13 heavy (non-hydrogen) atoms. The van der Waals surface area contributed by atoms with Gasteiger partial charge in [-0.15, -0.1) is 13.2 Å². The van der Waals surface area contributed by atoms with Crippen LogP contribution in [0.5, 0.6) is 0 Å². The Kier molecular flexibility index (Phi) is 4.03. The van der Waals surface area contributed by atoms with Gasteiger partial charge in [0.25, 0.3) is 0 Å². The first kappa shape index (κ1) is 9.78. The summed E-state index contributed by atoms with van der Waals surface area (Å²) < 4.78 is 0. The number of nitrogens with one attached hydrogen (secondary N) is 1. The summed E-state index contributed by atoms with van der Waals surface area (Å²) in [4.78, 5) is 4.42. The van der Waals surface area contributed by atoms with Gasteiger partial charge in [-0.3, -0.25) is 4.99 Å². The van der Waals surface area contributed by atoms with Crippen LogP contribution >= 0.6 is 0 Å². The second-order valence-electron chi connectivity index (χ2n) is 2.96. The van der Waals surface area contributed by atoms with Crippen LogP contribution in [0.1, 0.15) is 12.8 Å². The van der Waals surface area contributed by atoms with Crippen LogP contribution in [-0.4, -0.2) is 18.8 Å². The van der Waals surface area contributed by atoms with Crippen LogP contribution < -0.4 is 5.32 Å². The maximum absolute atomic E-state index is 4.42. The Bertz CT molecular complexity index is 249. The topological polar surface area (TPSA) is 24.4 Å². The first-order chi connectivity index (χ1) is 6.36. The molecule has 0 aliphatic carbocycles. The van der Waals surface area contributed by atoms with E-state index < -0.39 is 0 Å². The van der Waals surface area contributed by atoms with E-state index in [0.717, 1.165) is 31.6 Å². The minimum Gasteiger partial charge on any atom is -0.386 e. The van der Waals surface area contributed by atoms with Gasteiger partial charge in [0.05, 0.1) is 6.54 Å². The predicted molar refractivity (Wildman–Crippen MR) is 58.0 cm³/mol. The molecule has 1 rings (SSSR count). The molecule has 1 N–H and O–H groups in total. The summed E-state index contributed by atoms with van der Waals surface area (Å²) in [6.07, 6.45) is 7.61. The lowest BCUT2D eigenvalue weighted by molar-refractivity contribution is 0.791. The monoisotopic (exact) mass is 176 g/mol. The second kappa shape index (κ2) is 5.36. The van der Waals surface area contributed by atoms with Crippen molar-refractivity contribution in [1.82, 2.24) is 5.32 Å². The highest BCUT2D eigenvalue weighted by molar-refractivity contribution is 5.96. The molecule has 2 heteroatoms. The predicted octanol–water partition coefficient (Wildman–Crippen LogP) is 2.07. The van der Waals surface area contributed by atoms with Crippen LogP contribution in [-0.2, 0) is 0 Å². The fourth-order valence-corrected chi connectivity index (χ4v) is 1.27. The SMILES string of the molecule is C=CCC1=CC(CC=C)=NCCN1. The van der Waals surface area contributed by atoms with Gasteiger partial charge in [0.2, 0.25) is 0 Å². The molecule has 0 aromatic heterocycles. The van der Waals surface area contributed by atoms with Crippen LogP contribution in [0.25, 0.3) is 0 Å². The standard InChI is InChI=1S/C11H16N2/c1-3-5-10-9-11(6-4-2)13-8-7-12-10/h3-4,9,12H,1-2,5-8H2. The Labute approximate surface area is 79.8 Å². The van der Waals surface area contributed by atoms with Gasteiger partial charge in [0.15, 0.2) is 0 Å². The third-order valence-electron chi connectivity index (χ3n) is 1.84. The number of rotatable bonds is 4. The van der Waals surface area contributed by atoms with Gasteiger partial charge in [-0.25, -0.2) is 0 Å². The lowest BCUT2D eigenvalue weighted by Crippen LogP contribution is -2.15. The van der Waals surface area contributed by atoms with Crippen molar-refractivity contribution in [3.8, 4) is 0 Å². The summed E-state index contributed by atoms with van der Waals surface area (Å²) in [7, 11) is 0. The zero-order chi connectivity index (χ0) is 9.52. The van der Waals surface area contributed by atoms with Crippen molar-refractivity contribution < 1.29 is 0 Å². The van der Waals surface area contributed by atoms with E-state index in [1.165, 1.54) is 5.70 Å². The average molecular weight is 176 g/mol. The number of allylic oxidation sites excluding steroid dienone is 3. The second-order valence-corrected chi connectivity index (χ2v) is 2.96. The summed E-state index contributed by atoms with van der Waals surface area (Å²) in [5.74, 6) is 0. The summed E-state index contributed by atoms with van der Waals surface area (Å²) in [6.45, 7) is 9.19. The van der Waals surface area contributed by atoms with Gasteiger partial charge in [-0.2, -0.15) is 0 Å². The van der Waals surface area contributed by atoms with Crippen LogP contribution in [0.3, 0.4) is 0 Å². The van der Waals surface area contributed by atoms with Gasteiger partial charge in [-0.1, -0.05) is 12.2 Å². The molecule has 0 bridgehead atoms. The van der Waals surface area contributed by atoms with Gasteiger partial charge < -0.3 is 5.32 Å². The zero-order valence-electron chi connectivity index (χ0n) is 7.92. The quantitative estimate of drug-likeness (QED) is 0.651. The summed E-state index contributed by atoms with van der Waals surface area (Å²) in [5.41, 5.74) is 2.31. The molecule has 0 aromatic rings. The highest BCUT2D eigenvalue weighted by atomic mass is 14.9. The molecule has 2 nitrogen and oxygen atoms in total. The van der Waals surface area contributed by atoms with Gasteiger partial charge >= 0.3 is 0 Å². The first-order valence-corrected chi connectivity index (χ1v) is 4.56. The highest BCUT2D eigenvalue weighted by Crippen LogP contribution is 2.03. The van der Waals surface area contributed by atoms with Crippen LogP contribution in [0.4, 0.5) is 0 Å².